The van der Waals surface area contributed by atoms with E-state index in [9.17, 15) is 5.11 Å². The first-order chi connectivity index (χ1) is 9.54. The smallest absolute Gasteiger partial charge is 0.119 e. The second-order valence-electron chi connectivity index (χ2n) is 4.92. The van der Waals surface area contributed by atoms with Gasteiger partial charge in [0.1, 0.15) is 5.75 Å². The minimum atomic E-state index is -0.559. The molecule has 0 aliphatic rings. The average Bonchev–Trinajstić information content (AvgIpc) is 2.41. The molecule has 0 amide bonds. The van der Waals surface area contributed by atoms with E-state index in [4.69, 9.17) is 4.74 Å². The number of hydrogen-bond acceptors (Lipinski definition) is 3. The Labute approximate surface area is 127 Å². The summed E-state index contributed by atoms with van der Waals surface area (Å²) in [5.74, 6) is 0.817. The van der Waals surface area contributed by atoms with Crippen LogP contribution in [0.5, 0.6) is 5.75 Å². The van der Waals surface area contributed by atoms with Gasteiger partial charge < -0.3 is 9.84 Å². The van der Waals surface area contributed by atoms with Crippen molar-refractivity contribution < 1.29 is 9.84 Å². The predicted octanol–water partition coefficient (Wildman–Crippen LogP) is 3.91. The SMILES string of the molecule is CC(C)Oc1ccc(C(O)Cc2ccc(Br)cn2)cc1. The summed E-state index contributed by atoms with van der Waals surface area (Å²) in [5, 5.41) is 10.2. The highest BCUT2D eigenvalue weighted by molar-refractivity contribution is 9.10. The Bertz CT molecular complexity index is 537. The Balaban J connectivity index is 2.01. The topological polar surface area (TPSA) is 42.4 Å². The first-order valence-electron chi connectivity index (χ1n) is 6.59. The van der Waals surface area contributed by atoms with Crippen LogP contribution >= 0.6 is 15.9 Å². The lowest BCUT2D eigenvalue weighted by molar-refractivity contribution is 0.177. The second kappa shape index (κ2) is 6.86. The van der Waals surface area contributed by atoms with E-state index in [1.807, 2.05) is 50.2 Å². The lowest BCUT2D eigenvalue weighted by atomic mass is 10.0. The summed E-state index contributed by atoms with van der Waals surface area (Å²) in [7, 11) is 0. The summed E-state index contributed by atoms with van der Waals surface area (Å²) >= 11 is 3.35. The molecule has 1 heterocycles. The van der Waals surface area contributed by atoms with Crippen LogP contribution in [-0.2, 0) is 6.42 Å². The molecule has 4 heteroatoms. The highest BCUT2D eigenvalue weighted by Crippen LogP contribution is 2.21. The van der Waals surface area contributed by atoms with Crippen LogP contribution in [0.15, 0.2) is 47.1 Å². The van der Waals surface area contributed by atoms with Gasteiger partial charge >= 0.3 is 0 Å². The molecule has 0 aliphatic heterocycles. The van der Waals surface area contributed by atoms with E-state index in [0.717, 1.165) is 21.5 Å². The monoisotopic (exact) mass is 335 g/mol. The van der Waals surface area contributed by atoms with Gasteiger partial charge in [0.2, 0.25) is 0 Å². The van der Waals surface area contributed by atoms with Gasteiger partial charge in [0.25, 0.3) is 0 Å². The molecule has 1 aromatic carbocycles. The molecule has 0 fully saturated rings. The van der Waals surface area contributed by atoms with Crippen molar-refractivity contribution in [1.29, 1.82) is 0 Å². The number of ether oxygens (including phenoxy) is 1. The van der Waals surface area contributed by atoms with E-state index in [1.54, 1.807) is 6.20 Å². The van der Waals surface area contributed by atoms with Crippen LogP contribution in [-0.4, -0.2) is 16.2 Å². The number of pyridine rings is 1. The molecule has 0 bridgehead atoms. The number of aliphatic hydroxyl groups is 1. The average molecular weight is 336 g/mol. The van der Waals surface area contributed by atoms with Gasteiger partial charge in [-0.3, -0.25) is 4.98 Å². The Hall–Kier alpha value is -1.39. The highest BCUT2D eigenvalue weighted by Gasteiger charge is 2.10. The molecule has 0 saturated heterocycles. The quantitative estimate of drug-likeness (QED) is 0.900. The van der Waals surface area contributed by atoms with E-state index >= 15 is 0 Å². The number of aliphatic hydroxyl groups excluding tert-OH is 1. The van der Waals surface area contributed by atoms with Gasteiger partial charge in [-0.1, -0.05) is 12.1 Å². The van der Waals surface area contributed by atoms with Crippen molar-refractivity contribution in [3.8, 4) is 5.75 Å². The second-order valence-corrected chi connectivity index (χ2v) is 5.84. The van der Waals surface area contributed by atoms with E-state index in [1.165, 1.54) is 0 Å². The van der Waals surface area contributed by atoms with Gasteiger partial charge in [-0.15, -0.1) is 0 Å². The first-order valence-corrected chi connectivity index (χ1v) is 7.39. The summed E-state index contributed by atoms with van der Waals surface area (Å²) in [5.41, 5.74) is 1.73. The maximum Gasteiger partial charge on any atom is 0.119 e. The minimum absolute atomic E-state index is 0.151. The maximum atomic E-state index is 10.2. The van der Waals surface area contributed by atoms with Crippen molar-refractivity contribution in [1.82, 2.24) is 4.98 Å². The number of nitrogens with zero attached hydrogens (tertiary/aromatic N) is 1. The molecule has 2 aromatic rings. The standard InChI is InChI=1S/C16H18BrNO2/c1-11(2)20-15-7-3-12(4-8-15)16(19)9-14-6-5-13(17)10-18-14/h3-8,10-11,16,19H,9H2,1-2H3. The fourth-order valence-corrected chi connectivity index (χ4v) is 2.12. The third kappa shape index (κ3) is 4.32. The first kappa shape index (κ1) is 15.0. The van der Waals surface area contributed by atoms with E-state index in [-0.39, 0.29) is 6.10 Å². The van der Waals surface area contributed by atoms with Crippen molar-refractivity contribution in [2.75, 3.05) is 0 Å². The predicted molar refractivity (Wildman–Crippen MR) is 82.8 cm³/mol. The number of aromatic nitrogens is 1. The molecule has 106 valence electrons. The van der Waals surface area contributed by atoms with Gasteiger partial charge in [0, 0.05) is 22.8 Å². The van der Waals surface area contributed by atoms with Gasteiger partial charge in [0.05, 0.1) is 12.2 Å². The molecule has 0 spiro atoms. The number of benzene rings is 1. The number of hydrogen-bond donors (Lipinski definition) is 1. The van der Waals surface area contributed by atoms with Gasteiger partial charge in [-0.2, -0.15) is 0 Å². The van der Waals surface area contributed by atoms with E-state index in [2.05, 4.69) is 20.9 Å². The lowest BCUT2D eigenvalue weighted by Crippen LogP contribution is -2.06. The molecule has 1 aromatic heterocycles. The number of rotatable bonds is 5. The molecular weight excluding hydrogens is 318 g/mol. The van der Waals surface area contributed by atoms with Gasteiger partial charge in [0.15, 0.2) is 0 Å². The van der Waals surface area contributed by atoms with Crippen molar-refractivity contribution in [2.24, 2.45) is 0 Å². The van der Waals surface area contributed by atoms with Crippen LogP contribution in [0.4, 0.5) is 0 Å². The zero-order chi connectivity index (χ0) is 14.5. The number of halogens is 1. The normalized spacial score (nSPS) is 12.4. The minimum Gasteiger partial charge on any atom is -0.491 e. The van der Waals surface area contributed by atoms with Crippen LogP contribution < -0.4 is 4.74 Å². The van der Waals surface area contributed by atoms with Crippen LogP contribution in [0, 0.1) is 0 Å². The van der Waals surface area contributed by atoms with Crippen molar-refractivity contribution in [3.63, 3.8) is 0 Å². The van der Waals surface area contributed by atoms with Crippen molar-refractivity contribution in [3.05, 3.63) is 58.3 Å². The van der Waals surface area contributed by atoms with Gasteiger partial charge in [-0.25, -0.2) is 0 Å². The Morgan fingerprint density at radius 3 is 2.40 bits per heavy atom. The molecule has 1 atom stereocenters. The molecule has 1 N–H and O–H groups in total. The third-order valence-corrected chi connectivity index (χ3v) is 3.30. The molecular formula is C16H18BrNO2. The lowest BCUT2D eigenvalue weighted by Gasteiger charge is -2.13. The zero-order valence-corrected chi connectivity index (χ0v) is 13.2. The summed E-state index contributed by atoms with van der Waals surface area (Å²) in [6.07, 6.45) is 1.83. The fourth-order valence-electron chi connectivity index (χ4n) is 1.88. The van der Waals surface area contributed by atoms with E-state index < -0.39 is 6.10 Å². The summed E-state index contributed by atoms with van der Waals surface area (Å²) in [6, 6.07) is 11.4. The Kier molecular flexibility index (Phi) is 5.15. The zero-order valence-electron chi connectivity index (χ0n) is 11.6. The Morgan fingerprint density at radius 2 is 1.85 bits per heavy atom. The maximum absolute atomic E-state index is 10.2. The van der Waals surface area contributed by atoms with Crippen LogP contribution in [0.2, 0.25) is 0 Å². The largest absolute Gasteiger partial charge is 0.491 e. The molecule has 20 heavy (non-hydrogen) atoms. The molecule has 3 nitrogen and oxygen atoms in total. The third-order valence-electron chi connectivity index (χ3n) is 2.83. The summed E-state index contributed by atoms with van der Waals surface area (Å²) < 4.78 is 6.52. The summed E-state index contributed by atoms with van der Waals surface area (Å²) in [4.78, 5) is 4.27. The molecule has 0 radical (unpaired) electrons. The molecule has 0 aliphatic carbocycles. The van der Waals surface area contributed by atoms with Gasteiger partial charge in [-0.05, 0) is 59.6 Å². The van der Waals surface area contributed by atoms with Crippen molar-refractivity contribution in [2.45, 2.75) is 32.5 Å². The van der Waals surface area contributed by atoms with Crippen LogP contribution in [0.25, 0.3) is 0 Å². The fraction of sp³-hybridized carbons (Fsp3) is 0.312. The van der Waals surface area contributed by atoms with Crippen LogP contribution in [0.1, 0.15) is 31.2 Å². The molecule has 0 saturated carbocycles. The van der Waals surface area contributed by atoms with Crippen molar-refractivity contribution >= 4 is 15.9 Å². The molecule has 1 unspecified atom stereocenters. The summed E-state index contributed by atoms with van der Waals surface area (Å²) in [6.45, 7) is 3.98. The van der Waals surface area contributed by atoms with E-state index in [0.29, 0.717) is 6.42 Å². The van der Waals surface area contributed by atoms with Crippen LogP contribution in [0.3, 0.4) is 0 Å². The molecule has 2 rings (SSSR count). The highest BCUT2D eigenvalue weighted by atomic mass is 79.9. The Morgan fingerprint density at radius 1 is 1.15 bits per heavy atom.